The number of nitrogens with one attached hydrogen (secondary N) is 1. The smallest absolute Gasteiger partial charge is 0.255 e. The van der Waals surface area contributed by atoms with Gasteiger partial charge in [0.1, 0.15) is 6.04 Å². The highest BCUT2D eigenvalue weighted by molar-refractivity contribution is 5.98. The van der Waals surface area contributed by atoms with Crippen LogP contribution in [-0.4, -0.2) is 45.1 Å². The molecule has 1 aromatic heterocycles. The molecule has 2 amide bonds. The fourth-order valence-corrected chi connectivity index (χ4v) is 3.41. The molecular weight excluding hydrogens is 316 g/mol. The Morgan fingerprint density at radius 2 is 2.00 bits per heavy atom. The van der Waals surface area contributed by atoms with Crippen LogP contribution in [-0.2, 0) is 11.3 Å². The molecule has 1 N–H and O–H groups in total. The summed E-state index contributed by atoms with van der Waals surface area (Å²) in [5, 5.41) is 7.23. The summed E-state index contributed by atoms with van der Waals surface area (Å²) >= 11 is 0. The minimum atomic E-state index is -0.398. The van der Waals surface area contributed by atoms with E-state index < -0.39 is 6.04 Å². The molecule has 1 aliphatic carbocycles. The number of amides is 2. The van der Waals surface area contributed by atoms with E-state index in [1.54, 1.807) is 6.20 Å². The molecule has 6 nitrogen and oxygen atoms in total. The normalized spacial score (nSPS) is 20.1. The summed E-state index contributed by atoms with van der Waals surface area (Å²) in [4.78, 5) is 26.9. The molecule has 0 bridgehead atoms. The van der Waals surface area contributed by atoms with Crippen molar-refractivity contribution in [2.45, 2.75) is 44.8 Å². The number of aromatic nitrogens is 2. The number of hydrogen-bond acceptors (Lipinski definition) is 3. The zero-order valence-corrected chi connectivity index (χ0v) is 14.3. The van der Waals surface area contributed by atoms with Crippen LogP contribution >= 0.6 is 0 Å². The van der Waals surface area contributed by atoms with Gasteiger partial charge in [0.2, 0.25) is 5.91 Å². The third kappa shape index (κ3) is 3.16. The third-order valence-electron chi connectivity index (χ3n) is 5.06. The Bertz CT molecular complexity index is 795. The van der Waals surface area contributed by atoms with E-state index in [0.29, 0.717) is 24.6 Å². The SMILES string of the molecule is Cc1c(C(=O)N[C@@H]2CCN(C3CC3)C2=O)cnn1Cc1ccccc1. The van der Waals surface area contributed by atoms with E-state index in [9.17, 15) is 9.59 Å². The molecule has 1 saturated carbocycles. The Morgan fingerprint density at radius 1 is 1.24 bits per heavy atom. The zero-order valence-electron chi connectivity index (χ0n) is 14.3. The fraction of sp³-hybridized carbons (Fsp3) is 0.421. The summed E-state index contributed by atoms with van der Waals surface area (Å²) in [6, 6.07) is 10.0. The van der Waals surface area contributed by atoms with Gasteiger partial charge in [0, 0.05) is 18.3 Å². The minimum absolute atomic E-state index is 0.0604. The summed E-state index contributed by atoms with van der Waals surface area (Å²) in [6.07, 6.45) is 4.47. The van der Waals surface area contributed by atoms with E-state index in [4.69, 9.17) is 0 Å². The fourth-order valence-electron chi connectivity index (χ4n) is 3.41. The van der Waals surface area contributed by atoms with Gasteiger partial charge in [-0.25, -0.2) is 0 Å². The molecule has 1 aromatic carbocycles. The molecule has 4 rings (SSSR count). The topological polar surface area (TPSA) is 67.2 Å². The molecule has 0 spiro atoms. The highest BCUT2D eigenvalue weighted by Crippen LogP contribution is 2.30. The Hall–Kier alpha value is -2.63. The van der Waals surface area contributed by atoms with Crippen molar-refractivity contribution >= 4 is 11.8 Å². The highest BCUT2D eigenvalue weighted by atomic mass is 16.2. The molecule has 0 unspecified atom stereocenters. The van der Waals surface area contributed by atoms with Crippen molar-refractivity contribution in [3.8, 4) is 0 Å². The molecule has 2 aliphatic rings. The lowest BCUT2D eigenvalue weighted by Gasteiger charge is -2.16. The maximum atomic E-state index is 12.6. The quantitative estimate of drug-likeness (QED) is 0.903. The molecule has 2 fully saturated rings. The van der Waals surface area contributed by atoms with Gasteiger partial charge in [-0.3, -0.25) is 14.3 Å². The number of carbonyl (C=O) groups is 2. The minimum Gasteiger partial charge on any atom is -0.340 e. The average Bonchev–Trinajstić information content (AvgIpc) is 3.31. The summed E-state index contributed by atoms with van der Waals surface area (Å²) in [5.41, 5.74) is 2.48. The van der Waals surface area contributed by atoms with Gasteiger partial charge in [-0.1, -0.05) is 30.3 Å². The van der Waals surface area contributed by atoms with E-state index in [2.05, 4.69) is 10.4 Å². The van der Waals surface area contributed by atoms with Gasteiger partial charge in [-0.2, -0.15) is 5.10 Å². The first-order valence-corrected chi connectivity index (χ1v) is 8.81. The first-order chi connectivity index (χ1) is 12.1. The van der Waals surface area contributed by atoms with E-state index >= 15 is 0 Å². The molecule has 0 radical (unpaired) electrons. The Balaban J connectivity index is 1.43. The number of rotatable bonds is 5. The van der Waals surface area contributed by atoms with E-state index in [0.717, 1.165) is 30.6 Å². The van der Waals surface area contributed by atoms with Crippen LogP contribution in [0.15, 0.2) is 36.5 Å². The first kappa shape index (κ1) is 15.9. The van der Waals surface area contributed by atoms with Gasteiger partial charge >= 0.3 is 0 Å². The van der Waals surface area contributed by atoms with Gasteiger partial charge in [-0.05, 0) is 31.7 Å². The number of likely N-dealkylation sites (tertiary alicyclic amines) is 1. The van der Waals surface area contributed by atoms with Gasteiger partial charge in [0.25, 0.3) is 5.91 Å². The number of nitrogens with zero attached hydrogens (tertiary/aromatic N) is 3. The summed E-state index contributed by atoms with van der Waals surface area (Å²) in [5.74, 6) is -0.155. The third-order valence-corrected chi connectivity index (χ3v) is 5.06. The lowest BCUT2D eigenvalue weighted by Crippen LogP contribution is -2.42. The predicted molar refractivity (Wildman–Crippen MR) is 93.1 cm³/mol. The Morgan fingerprint density at radius 3 is 2.72 bits per heavy atom. The molecule has 1 saturated heterocycles. The van der Waals surface area contributed by atoms with Crippen molar-refractivity contribution in [1.29, 1.82) is 0 Å². The lowest BCUT2D eigenvalue weighted by atomic mass is 10.2. The van der Waals surface area contributed by atoms with E-state index in [1.807, 2.05) is 46.8 Å². The van der Waals surface area contributed by atoms with Crippen LogP contribution in [0.3, 0.4) is 0 Å². The molecular formula is C19H22N4O2. The monoisotopic (exact) mass is 338 g/mol. The Kier molecular flexibility index (Phi) is 4.03. The van der Waals surface area contributed by atoms with Crippen LogP contribution in [0, 0.1) is 6.92 Å². The molecule has 1 atom stereocenters. The van der Waals surface area contributed by atoms with Crippen molar-refractivity contribution in [3.63, 3.8) is 0 Å². The maximum Gasteiger partial charge on any atom is 0.255 e. The van der Waals surface area contributed by atoms with Crippen molar-refractivity contribution in [2.24, 2.45) is 0 Å². The van der Waals surface area contributed by atoms with Crippen molar-refractivity contribution in [3.05, 3.63) is 53.3 Å². The largest absolute Gasteiger partial charge is 0.340 e. The zero-order chi connectivity index (χ0) is 17.4. The molecule has 2 aromatic rings. The first-order valence-electron chi connectivity index (χ1n) is 8.81. The second kappa shape index (κ2) is 6.35. The summed E-state index contributed by atoms with van der Waals surface area (Å²) in [7, 11) is 0. The van der Waals surface area contributed by atoms with Crippen LogP contribution in [0.1, 0.15) is 40.9 Å². The van der Waals surface area contributed by atoms with Crippen LogP contribution in [0.2, 0.25) is 0 Å². The number of carbonyl (C=O) groups excluding carboxylic acids is 2. The molecule has 6 heteroatoms. The number of hydrogen-bond donors (Lipinski definition) is 1. The van der Waals surface area contributed by atoms with E-state index in [-0.39, 0.29) is 11.8 Å². The van der Waals surface area contributed by atoms with Gasteiger partial charge in [-0.15, -0.1) is 0 Å². The van der Waals surface area contributed by atoms with Crippen LogP contribution in [0.25, 0.3) is 0 Å². The Labute approximate surface area is 146 Å². The highest BCUT2D eigenvalue weighted by Gasteiger charge is 2.41. The van der Waals surface area contributed by atoms with Gasteiger partial charge in [0.15, 0.2) is 0 Å². The molecule has 25 heavy (non-hydrogen) atoms. The van der Waals surface area contributed by atoms with Crippen molar-refractivity contribution in [1.82, 2.24) is 20.0 Å². The van der Waals surface area contributed by atoms with Crippen LogP contribution in [0.5, 0.6) is 0 Å². The predicted octanol–water partition coefficient (Wildman–Crippen LogP) is 1.73. The van der Waals surface area contributed by atoms with Gasteiger partial charge < -0.3 is 10.2 Å². The van der Waals surface area contributed by atoms with Crippen molar-refractivity contribution in [2.75, 3.05) is 6.54 Å². The standard InChI is InChI=1S/C19H22N4O2/c1-13-16(11-20-23(13)12-14-5-3-2-4-6-14)18(24)21-17-9-10-22(19(17)25)15-7-8-15/h2-6,11,15,17H,7-10,12H2,1H3,(H,21,24)/t17-/m1/s1. The maximum absolute atomic E-state index is 12.6. The van der Waals surface area contributed by atoms with Crippen LogP contribution < -0.4 is 5.32 Å². The van der Waals surface area contributed by atoms with Crippen molar-refractivity contribution < 1.29 is 9.59 Å². The molecule has 1 aliphatic heterocycles. The van der Waals surface area contributed by atoms with E-state index in [1.165, 1.54) is 0 Å². The van der Waals surface area contributed by atoms with Gasteiger partial charge in [0.05, 0.1) is 18.3 Å². The second-order valence-electron chi connectivity index (χ2n) is 6.86. The summed E-state index contributed by atoms with van der Waals surface area (Å²) in [6.45, 7) is 3.26. The van der Waals surface area contributed by atoms with Crippen LogP contribution in [0.4, 0.5) is 0 Å². The average molecular weight is 338 g/mol. The summed E-state index contributed by atoms with van der Waals surface area (Å²) < 4.78 is 1.82. The number of benzene rings is 1. The molecule has 130 valence electrons. The second-order valence-corrected chi connectivity index (χ2v) is 6.86. The molecule has 2 heterocycles. The lowest BCUT2D eigenvalue weighted by molar-refractivity contribution is -0.129.